The zero-order chi connectivity index (χ0) is 39.2. The van der Waals surface area contributed by atoms with Crippen molar-refractivity contribution >= 4 is 6.09 Å². The standard InChI is InChI=1S/C47H55NO8/c1-6-34(2)39(48-43(49)56-44(3,4)5)31-53-46-33-45(46,52-29-37-23-15-9-16-24-37)41-42(51-28-36-21-13-8-14-22-36)47(41,54-30-38-25-17-10-18-26-38)40(55-46)32-50-27-35-19-11-7-12-20-35/h6-26,34,39-42H,1,27-33H2,2-5H3,(H,48,49)/t34-,39+,40?,41-,42-,45-,46?,47?/m1/s1. The van der Waals surface area contributed by atoms with Gasteiger partial charge in [0.05, 0.1) is 57.7 Å². The predicted octanol–water partition coefficient (Wildman–Crippen LogP) is 8.56. The number of hydrogen-bond acceptors (Lipinski definition) is 8. The van der Waals surface area contributed by atoms with Crippen molar-refractivity contribution in [2.75, 3.05) is 13.2 Å². The smallest absolute Gasteiger partial charge is 0.407 e. The van der Waals surface area contributed by atoms with Crippen molar-refractivity contribution < 1.29 is 38.0 Å². The summed E-state index contributed by atoms with van der Waals surface area (Å²) in [5, 5.41) is 3.02. The third-order valence-corrected chi connectivity index (χ3v) is 11.0. The van der Waals surface area contributed by atoms with Gasteiger partial charge in [0.25, 0.3) is 0 Å². The Kier molecular flexibility index (Phi) is 12.1. The molecule has 3 unspecified atom stereocenters. The maximum absolute atomic E-state index is 13.0. The number of rotatable bonds is 19. The summed E-state index contributed by atoms with van der Waals surface area (Å²) in [7, 11) is 0. The average Bonchev–Trinajstić information content (AvgIpc) is 4.08. The summed E-state index contributed by atoms with van der Waals surface area (Å²) in [6.07, 6.45) is 0.736. The molecule has 3 aliphatic rings. The average molecular weight is 762 g/mol. The summed E-state index contributed by atoms with van der Waals surface area (Å²) in [6.45, 7) is 13.3. The number of hydrogen-bond donors (Lipinski definition) is 1. The Labute approximate surface area is 331 Å². The third kappa shape index (κ3) is 8.79. The van der Waals surface area contributed by atoms with Crippen LogP contribution in [0.15, 0.2) is 134 Å². The second-order valence-corrected chi connectivity index (χ2v) is 16.2. The van der Waals surface area contributed by atoms with Crippen LogP contribution in [-0.4, -0.2) is 60.1 Å². The zero-order valence-corrected chi connectivity index (χ0v) is 32.9. The Balaban J connectivity index is 1.23. The van der Waals surface area contributed by atoms with Crippen molar-refractivity contribution in [1.29, 1.82) is 0 Å². The Morgan fingerprint density at radius 1 is 0.786 bits per heavy atom. The van der Waals surface area contributed by atoms with Gasteiger partial charge in [-0.2, -0.15) is 0 Å². The van der Waals surface area contributed by atoms with Crippen molar-refractivity contribution in [1.82, 2.24) is 5.32 Å². The van der Waals surface area contributed by atoms with E-state index in [1.165, 1.54) is 0 Å². The van der Waals surface area contributed by atoms with Gasteiger partial charge in [-0.3, -0.25) is 0 Å². The molecule has 9 heteroatoms. The van der Waals surface area contributed by atoms with Gasteiger partial charge in [-0.25, -0.2) is 4.79 Å². The molecule has 9 nitrogen and oxygen atoms in total. The van der Waals surface area contributed by atoms with E-state index >= 15 is 0 Å². The Morgan fingerprint density at radius 2 is 1.30 bits per heavy atom. The minimum absolute atomic E-state index is 0.126. The van der Waals surface area contributed by atoms with Gasteiger partial charge >= 0.3 is 6.09 Å². The highest BCUT2D eigenvalue weighted by molar-refractivity contribution is 5.68. The molecule has 0 radical (unpaired) electrons. The molecule has 56 heavy (non-hydrogen) atoms. The predicted molar refractivity (Wildman–Crippen MR) is 213 cm³/mol. The van der Waals surface area contributed by atoms with Gasteiger partial charge in [0, 0.05) is 6.42 Å². The molecular weight excluding hydrogens is 707 g/mol. The van der Waals surface area contributed by atoms with Gasteiger partial charge in [0.2, 0.25) is 5.79 Å². The van der Waals surface area contributed by atoms with Gasteiger partial charge in [-0.15, -0.1) is 6.58 Å². The highest BCUT2D eigenvalue weighted by Gasteiger charge is 2.94. The molecule has 1 amide bonds. The van der Waals surface area contributed by atoms with Crippen LogP contribution in [0.2, 0.25) is 0 Å². The second-order valence-electron chi connectivity index (χ2n) is 16.2. The van der Waals surface area contributed by atoms with E-state index < -0.39 is 46.9 Å². The van der Waals surface area contributed by atoms with Crippen LogP contribution >= 0.6 is 0 Å². The summed E-state index contributed by atoms with van der Waals surface area (Å²) in [4.78, 5) is 13.0. The first-order chi connectivity index (χ1) is 27.1. The molecule has 4 aromatic rings. The van der Waals surface area contributed by atoms with Crippen LogP contribution in [0.4, 0.5) is 4.79 Å². The fourth-order valence-corrected chi connectivity index (χ4v) is 7.93. The van der Waals surface area contributed by atoms with E-state index in [2.05, 4.69) is 36.2 Å². The van der Waals surface area contributed by atoms with Crippen molar-refractivity contribution in [3.05, 3.63) is 156 Å². The summed E-state index contributed by atoms with van der Waals surface area (Å²) in [5.74, 6) is -1.58. The molecular formula is C47H55NO8. The van der Waals surface area contributed by atoms with Gasteiger partial charge in [-0.05, 0) is 48.9 Å². The lowest BCUT2D eigenvalue weighted by atomic mass is 10.0. The fourth-order valence-electron chi connectivity index (χ4n) is 7.93. The van der Waals surface area contributed by atoms with E-state index in [1.54, 1.807) is 6.08 Å². The molecule has 296 valence electrons. The number of fused-ring (bicyclic) bond motifs is 3. The fraction of sp³-hybridized carbons (Fsp3) is 0.426. The minimum atomic E-state index is -1.17. The highest BCUT2D eigenvalue weighted by atomic mass is 16.8. The van der Waals surface area contributed by atoms with E-state index in [-0.39, 0.29) is 25.0 Å². The van der Waals surface area contributed by atoms with Crippen molar-refractivity contribution in [2.24, 2.45) is 11.8 Å². The van der Waals surface area contributed by atoms with Gasteiger partial charge < -0.3 is 38.5 Å². The largest absolute Gasteiger partial charge is 0.444 e. The first-order valence-electron chi connectivity index (χ1n) is 19.6. The molecule has 8 atom stereocenters. The molecule has 4 aromatic carbocycles. The number of carbonyl (C=O) groups is 1. The molecule has 1 N–H and O–H groups in total. The lowest BCUT2D eigenvalue weighted by molar-refractivity contribution is -0.300. The Bertz CT molecular complexity index is 1870. The van der Waals surface area contributed by atoms with Crippen molar-refractivity contribution in [3.63, 3.8) is 0 Å². The number of benzene rings is 4. The van der Waals surface area contributed by atoms with Crippen LogP contribution in [0, 0.1) is 11.8 Å². The van der Waals surface area contributed by atoms with Crippen LogP contribution in [0.25, 0.3) is 0 Å². The van der Waals surface area contributed by atoms with Crippen LogP contribution in [0.5, 0.6) is 0 Å². The monoisotopic (exact) mass is 761 g/mol. The SMILES string of the molecule is C=C[C@@H](C)[C@H](COC12C[C@@]1(OCc1ccccc1)[C@H]1[C@@H](OCc3ccccc3)C1(OCc1ccccc1)C(COCc1ccccc1)O2)NC(=O)OC(C)(C)C. The quantitative estimate of drug-likeness (QED) is 0.0951. The lowest BCUT2D eigenvalue weighted by Crippen LogP contribution is -2.55. The molecule has 2 aliphatic carbocycles. The number of carbonyl (C=O) groups excluding carboxylic acids is 1. The molecule has 1 saturated heterocycles. The number of nitrogens with one attached hydrogen (secondary N) is 1. The third-order valence-electron chi connectivity index (χ3n) is 11.0. The molecule has 0 bridgehead atoms. The van der Waals surface area contributed by atoms with Crippen molar-refractivity contribution in [2.45, 2.75) is 101 Å². The first-order valence-corrected chi connectivity index (χ1v) is 19.6. The van der Waals surface area contributed by atoms with E-state index in [4.69, 9.17) is 33.2 Å². The normalized spacial score (nSPS) is 27.2. The molecule has 2 saturated carbocycles. The van der Waals surface area contributed by atoms with Gasteiger partial charge in [0.1, 0.15) is 22.9 Å². The summed E-state index contributed by atoms with van der Waals surface area (Å²) < 4.78 is 47.3. The number of alkyl carbamates (subject to hydrolysis) is 1. The van der Waals surface area contributed by atoms with E-state index in [0.29, 0.717) is 32.8 Å². The maximum Gasteiger partial charge on any atom is 0.407 e. The van der Waals surface area contributed by atoms with Crippen molar-refractivity contribution in [3.8, 4) is 0 Å². The Morgan fingerprint density at radius 3 is 1.84 bits per heavy atom. The lowest BCUT2D eigenvalue weighted by Gasteiger charge is -2.40. The molecule has 1 aliphatic heterocycles. The summed E-state index contributed by atoms with van der Waals surface area (Å²) in [6, 6.07) is 40.0. The second kappa shape index (κ2) is 17.0. The first kappa shape index (κ1) is 39.9. The van der Waals surface area contributed by atoms with Crippen LogP contribution in [-0.2, 0) is 59.6 Å². The van der Waals surface area contributed by atoms with Crippen LogP contribution < -0.4 is 5.32 Å². The number of ether oxygens (including phenoxy) is 7. The van der Waals surface area contributed by atoms with E-state index in [0.717, 1.165) is 22.3 Å². The Hall–Kier alpha value is -4.35. The summed E-state index contributed by atoms with van der Waals surface area (Å²) >= 11 is 0. The number of amides is 1. The van der Waals surface area contributed by atoms with E-state index in [1.807, 2.05) is 125 Å². The molecule has 3 fully saturated rings. The molecule has 7 rings (SSSR count). The van der Waals surface area contributed by atoms with E-state index in [9.17, 15) is 4.79 Å². The summed E-state index contributed by atoms with van der Waals surface area (Å²) in [5.41, 5.74) is 1.67. The van der Waals surface area contributed by atoms with Crippen LogP contribution in [0.1, 0.15) is 56.4 Å². The minimum Gasteiger partial charge on any atom is -0.444 e. The zero-order valence-electron chi connectivity index (χ0n) is 32.9. The molecule has 1 heterocycles. The molecule has 0 aromatic heterocycles. The van der Waals surface area contributed by atoms with Gasteiger partial charge in [0.15, 0.2) is 0 Å². The topological polar surface area (TPSA) is 93.7 Å². The molecule has 0 spiro atoms. The van der Waals surface area contributed by atoms with Crippen LogP contribution in [0.3, 0.4) is 0 Å². The highest BCUT2D eigenvalue weighted by Crippen LogP contribution is 2.76. The van der Waals surface area contributed by atoms with Gasteiger partial charge in [-0.1, -0.05) is 134 Å². The maximum atomic E-state index is 13.0.